The van der Waals surface area contributed by atoms with Crippen LogP contribution in [-0.2, 0) is 14.8 Å². The van der Waals surface area contributed by atoms with Gasteiger partial charge in [0.2, 0.25) is 15.9 Å². The summed E-state index contributed by atoms with van der Waals surface area (Å²) in [5.74, 6) is -0.270. The van der Waals surface area contributed by atoms with Crippen LogP contribution in [-0.4, -0.2) is 31.7 Å². The van der Waals surface area contributed by atoms with Gasteiger partial charge in [0.05, 0.1) is 10.3 Å². The highest BCUT2D eigenvalue weighted by Crippen LogP contribution is 2.63. The van der Waals surface area contributed by atoms with E-state index in [0.29, 0.717) is 12.0 Å². The van der Waals surface area contributed by atoms with Gasteiger partial charge in [-0.1, -0.05) is 12.1 Å². The van der Waals surface area contributed by atoms with Gasteiger partial charge in [-0.15, -0.1) is 23.2 Å². The van der Waals surface area contributed by atoms with Crippen LogP contribution in [0, 0.1) is 19.3 Å². The van der Waals surface area contributed by atoms with Crippen molar-refractivity contribution >= 4 is 39.1 Å². The topological polar surface area (TPSA) is 75.3 Å². The van der Waals surface area contributed by atoms with Crippen molar-refractivity contribution in [3.8, 4) is 0 Å². The van der Waals surface area contributed by atoms with Crippen LogP contribution >= 0.6 is 23.2 Å². The lowest BCUT2D eigenvalue weighted by molar-refractivity contribution is -0.125. The van der Waals surface area contributed by atoms with Crippen LogP contribution in [0.25, 0.3) is 0 Å². The van der Waals surface area contributed by atoms with Crippen molar-refractivity contribution in [1.29, 1.82) is 0 Å². The molecule has 0 aromatic heterocycles. The number of carbonyl (C=O) groups is 1. The second-order valence-electron chi connectivity index (χ2n) is 6.14. The number of aryl methyl sites for hydroxylation is 2. The van der Waals surface area contributed by atoms with Gasteiger partial charge in [0.15, 0.2) is 0 Å². The molecule has 23 heavy (non-hydrogen) atoms. The molecule has 1 saturated carbocycles. The Kier molecular flexibility index (Phi) is 5.02. The molecule has 5 nitrogen and oxygen atoms in total. The molecule has 1 aliphatic carbocycles. The molecular weight excluding hydrogens is 359 g/mol. The Morgan fingerprint density at radius 2 is 1.87 bits per heavy atom. The number of rotatable bonds is 6. The number of hydrogen-bond acceptors (Lipinski definition) is 3. The first-order valence-corrected chi connectivity index (χ1v) is 9.47. The SMILES string of the molecule is Cc1ccc(C)c(S(=O)(=O)NCCNC(=O)C2(C)CC2(Cl)Cl)c1. The highest BCUT2D eigenvalue weighted by Gasteiger charge is 2.67. The van der Waals surface area contributed by atoms with Gasteiger partial charge >= 0.3 is 0 Å². The van der Waals surface area contributed by atoms with Crippen molar-refractivity contribution in [2.75, 3.05) is 13.1 Å². The average Bonchev–Trinajstić information content (AvgIpc) is 2.97. The molecule has 2 rings (SSSR count). The number of benzene rings is 1. The van der Waals surface area contributed by atoms with E-state index in [9.17, 15) is 13.2 Å². The number of carbonyl (C=O) groups excluding carboxylic acids is 1. The van der Waals surface area contributed by atoms with Gasteiger partial charge < -0.3 is 5.32 Å². The Morgan fingerprint density at radius 3 is 2.43 bits per heavy atom. The molecule has 1 aliphatic rings. The summed E-state index contributed by atoms with van der Waals surface area (Å²) in [6, 6.07) is 5.24. The number of hydrogen-bond donors (Lipinski definition) is 2. The maximum atomic E-state index is 12.3. The Morgan fingerprint density at radius 1 is 1.26 bits per heavy atom. The van der Waals surface area contributed by atoms with Crippen molar-refractivity contribution < 1.29 is 13.2 Å². The van der Waals surface area contributed by atoms with E-state index in [2.05, 4.69) is 10.0 Å². The number of alkyl halides is 2. The zero-order valence-electron chi connectivity index (χ0n) is 13.2. The summed E-state index contributed by atoms with van der Waals surface area (Å²) in [6.07, 6.45) is 0.392. The second kappa shape index (κ2) is 6.24. The molecule has 0 bridgehead atoms. The predicted molar refractivity (Wildman–Crippen MR) is 91.3 cm³/mol. The van der Waals surface area contributed by atoms with Crippen LogP contribution in [0.3, 0.4) is 0 Å². The Labute approximate surface area is 146 Å². The summed E-state index contributed by atoms with van der Waals surface area (Å²) in [5.41, 5.74) is 0.737. The molecule has 1 amide bonds. The minimum atomic E-state index is -3.61. The third-order valence-corrected chi connectivity index (χ3v) is 6.80. The zero-order valence-corrected chi connectivity index (χ0v) is 15.6. The molecule has 2 N–H and O–H groups in total. The fraction of sp³-hybridized carbons (Fsp3) is 0.533. The molecule has 1 unspecified atom stereocenters. The van der Waals surface area contributed by atoms with Crippen LogP contribution in [0.15, 0.2) is 23.1 Å². The molecule has 8 heteroatoms. The molecular formula is C15H20Cl2N2O3S. The Balaban J connectivity index is 1.89. The van der Waals surface area contributed by atoms with E-state index < -0.39 is 19.8 Å². The van der Waals surface area contributed by atoms with Crippen molar-refractivity contribution in [3.63, 3.8) is 0 Å². The number of nitrogens with one attached hydrogen (secondary N) is 2. The molecule has 0 saturated heterocycles. The first kappa shape index (κ1) is 18.5. The van der Waals surface area contributed by atoms with Crippen molar-refractivity contribution in [1.82, 2.24) is 10.0 Å². The lowest BCUT2D eigenvalue weighted by Gasteiger charge is -2.13. The number of sulfonamides is 1. The van der Waals surface area contributed by atoms with E-state index in [1.807, 2.05) is 13.0 Å². The molecule has 0 aliphatic heterocycles. The summed E-state index contributed by atoms with van der Waals surface area (Å²) >= 11 is 11.9. The van der Waals surface area contributed by atoms with Crippen LogP contribution in [0.2, 0.25) is 0 Å². The van der Waals surface area contributed by atoms with E-state index in [1.165, 1.54) is 0 Å². The summed E-state index contributed by atoms with van der Waals surface area (Å²) < 4.78 is 26.0. The number of halogens is 2. The minimum absolute atomic E-state index is 0.0924. The summed E-state index contributed by atoms with van der Waals surface area (Å²) in [6.45, 7) is 5.52. The van der Waals surface area contributed by atoms with Gasteiger partial charge in [-0.05, 0) is 44.4 Å². The van der Waals surface area contributed by atoms with E-state index in [-0.39, 0.29) is 23.9 Å². The second-order valence-corrected chi connectivity index (χ2v) is 9.36. The first-order valence-electron chi connectivity index (χ1n) is 7.23. The minimum Gasteiger partial charge on any atom is -0.354 e. The van der Waals surface area contributed by atoms with Crippen LogP contribution in [0.1, 0.15) is 24.5 Å². The monoisotopic (exact) mass is 378 g/mol. The molecule has 1 atom stereocenters. The molecule has 128 valence electrons. The molecule has 1 fully saturated rings. The maximum absolute atomic E-state index is 12.3. The first-order chi connectivity index (χ1) is 10.5. The van der Waals surface area contributed by atoms with Crippen LogP contribution in [0.5, 0.6) is 0 Å². The highest BCUT2D eigenvalue weighted by atomic mass is 35.5. The third-order valence-electron chi connectivity index (χ3n) is 4.09. The standard InChI is InChI=1S/C15H20Cl2N2O3S/c1-10-4-5-11(2)12(8-10)23(21,22)19-7-6-18-13(20)14(3)9-15(14,16)17/h4-5,8,19H,6-7,9H2,1-3H3,(H,18,20). The van der Waals surface area contributed by atoms with Gasteiger partial charge in [0, 0.05) is 13.1 Å². The lowest BCUT2D eigenvalue weighted by atomic mass is 10.1. The smallest absolute Gasteiger partial charge is 0.240 e. The van der Waals surface area contributed by atoms with Gasteiger partial charge in [0.1, 0.15) is 4.33 Å². The quantitative estimate of drug-likeness (QED) is 0.588. The summed E-state index contributed by atoms with van der Waals surface area (Å²) in [7, 11) is -3.61. The van der Waals surface area contributed by atoms with E-state index in [0.717, 1.165) is 5.56 Å². The zero-order chi connectivity index (χ0) is 17.5. The van der Waals surface area contributed by atoms with E-state index in [4.69, 9.17) is 23.2 Å². The summed E-state index contributed by atoms with van der Waals surface area (Å²) in [4.78, 5) is 12.2. The molecule has 0 heterocycles. The molecule has 1 aromatic carbocycles. The van der Waals surface area contributed by atoms with Crippen LogP contribution < -0.4 is 10.0 Å². The maximum Gasteiger partial charge on any atom is 0.240 e. The Hall–Kier alpha value is -0.820. The third kappa shape index (κ3) is 3.82. The average molecular weight is 379 g/mol. The Bertz CT molecular complexity index is 734. The predicted octanol–water partition coefficient (Wildman–Crippen LogP) is 2.28. The molecule has 0 spiro atoms. The van der Waals surface area contributed by atoms with Gasteiger partial charge in [0.25, 0.3) is 0 Å². The van der Waals surface area contributed by atoms with Gasteiger partial charge in [-0.25, -0.2) is 13.1 Å². The largest absolute Gasteiger partial charge is 0.354 e. The van der Waals surface area contributed by atoms with Gasteiger partial charge in [-0.3, -0.25) is 4.79 Å². The van der Waals surface area contributed by atoms with Gasteiger partial charge in [-0.2, -0.15) is 0 Å². The van der Waals surface area contributed by atoms with Crippen molar-refractivity contribution in [3.05, 3.63) is 29.3 Å². The summed E-state index contributed by atoms with van der Waals surface area (Å²) in [5, 5.41) is 2.66. The number of amides is 1. The fourth-order valence-corrected chi connectivity index (χ4v) is 4.34. The lowest BCUT2D eigenvalue weighted by Crippen LogP contribution is -2.39. The van der Waals surface area contributed by atoms with Crippen molar-refractivity contribution in [2.24, 2.45) is 5.41 Å². The normalized spacial score (nSPS) is 22.7. The highest BCUT2D eigenvalue weighted by molar-refractivity contribution is 7.89. The van der Waals surface area contributed by atoms with E-state index in [1.54, 1.807) is 26.0 Å². The van der Waals surface area contributed by atoms with Crippen LogP contribution in [0.4, 0.5) is 0 Å². The molecule has 1 aromatic rings. The van der Waals surface area contributed by atoms with Crippen molar-refractivity contribution in [2.45, 2.75) is 36.4 Å². The fourth-order valence-electron chi connectivity index (χ4n) is 2.28. The van der Waals surface area contributed by atoms with E-state index >= 15 is 0 Å². The molecule has 0 radical (unpaired) electrons.